The summed E-state index contributed by atoms with van der Waals surface area (Å²) in [6, 6.07) is 11.8. The van der Waals surface area contributed by atoms with E-state index in [-0.39, 0.29) is 15.5 Å². The van der Waals surface area contributed by atoms with Crippen molar-refractivity contribution in [3.8, 4) is 0 Å². The minimum Gasteiger partial charge on any atom is -0.322 e. The molecule has 134 valence electrons. The summed E-state index contributed by atoms with van der Waals surface area (Å²) in [6.07, 6.45) is 0. The van der Waals surface area contributed by atoms with Gasteiger partial charge in [-0.05, 0) is 47.8 Å². The molecule has 0 radical (unpaired) electrons. The normalized spacial score (nSPS) is 11.2. The van der Waals surface area contributed by atoms with E-state index in [2.05, 4.69) is 10.0 Å². The molecule has 0 atom stereocenters. The molecular weight excluding hydrogens is 382 g/mol. The molecule has 0 aliphatic carbocycles. The number of thiophene rings is 1. The first-order chi connectivity index (χ1) is 12.3. The Bertz CT molecular complexity index is 1030. The second-order valence-electron chi connectivity index (χ2n) is 5.20. The summed E-state index contributed by atoms with van der Waals surface area (Å²) in [5, 5.41) is 4.09. The number of benzene rings is 2. The fourth-order valence-corrected chi connectivity index (χ4v) is 4.14. The Morgan fingerprint density at radius 1 is 0.923 bits per heavy atom. The Kier molecular flexibility index (Phi) is 5.01. The molecule has 2 N–H and O–H groups in total. The molecule has 0 spiro atoms. The summed E-state index contributed by atoms with van der Waals surface area (Å²) >= 11 is 1.09. The zero-order valence-electron chi connectivity index (χ0n) is 13.1. The van der Waals surface area contributed by atoms with E-state index in [4.69, 9.17) is 0 Å². The minimum absolute atomic E-state index is 0.108. The van der Waals surface area contributed by atoms with Gasteiger partial charge in [-0.2, -0.15) is 0 Å². The van der Waals surface area contributed by atoms with E-state index in [0.29, 0.717) is 5.69 Å². The summed E-state index contributed by atoms with van der Waals surface area (Å²) in [5.74, 6) is -2.62. The summed E-state index contributed by atoms with van der Waals surface area (Å²) in [6.45, 7) is 0. The Hall–Kier alpha value is -2.78. The molecular formula is C17H12F2N2O3S2. The summed E-state index contributed by atoms with van der Waals surface area (Å²) in [5.41, 5.74) is 0.632. The van der Waals surface area contributed by atoms with Crippen molar-refractivity contribution in [1.82, 2.24) is 0 Å². The third-order valence-corrected chi connectivity index (χ3v) is 6.12. The molecule has 0 aliphatic heterocycles. The first-order valence-corrected chi connectivity index (χ1v) is 9.64. The van der Waals surface area contributed by atoms with Crippen molar-refractivity contribution in [3.05, 3.63) is 77.2 Å². The largest absolute Gasteiger partial charge is 0.322 e. The van der Waals surface area contributed by atoms with Gasteiger partial charge in [-0.1, -0.05) is 6.07 Å². The summed E-state index contributed by atoms with van der Waals surface area (Å²) in [4.78, 5) is 12.1. The van der Waals surface area contributed by atoms with Crippen molar-refractivity contribution < 1.29 is 22.0 Å². The van der Waals surface area contributed by atoms with Crippen LogP contribution in [0, 0.1) is 11.6 Å². The third-order valence-electron chi connectivity index (χ3n) is 3.34. The maximum absolute atomic E-state index is 13.2. The van der Waals surface area contributed by atoms with Gasteiger partial charge < -0.3 is 5.32 Å². The maximum Gasteiger partial charge on any atom is 0.271 e. The highest BCUT2D eigenvalue weighted by Gasteiger charge is 2.15. The molecule has 26 heavy (non-hydrogen) atoms. The molecule has 1 aromatic heterocycles. The molecule has 0 saturated carbocycles. The van der Waals surface area contributed by atoms with Crippen LogP contribution in [-0.2, 0) is 10.0 Å². The van der Waals surface area contributed by atoms with Crippen LogP contribution < -0.4 is 10.0 Å². The predicted octanol–water partition coefficient (Wildman–Crippen LogP) is 4.08. The number of carbonyl (C=O) groups excluding carboxylic acids is 1. The van der Waals surface area contributed by atoms with Crippen LogP contribution in [0.1, 0.15) is 10.4 Å². The van der Waals surface area contributed by atoms with E-state index in [1.807, 2.05) is 0 Å². The average molecular weight is 394 g/mol. The predicted molar refractivity (Wildman–Crippen MR) is 95.9 cm³/mol. The van der Waals surface area contributed by atoms with E-state index >= 15 is 0 Å². The van der Waals surface area contributed by atoms with Crippen LogP contribution >= 0.6 is 11.3 Å². The van der Waals surface area contributed by atoms with Crippen LogP contribution in [0.4, 0.5) is 20.2 Å². The Balaban J connectivity index is 1.71. The smallest absolute Gasteiger partial charge is 0.271 e. The quantitative estimate of drug-likeness (QED) is 0.685. The molecule has 1 amide bonds. The monoisotopic (exact) mass is 394 g/mol. The Labute approximate surface area is 152 Å². The third kappa shape index (κ3) is 4.06. The number of halogens is 2. The SMILES string of the molecule is O=C(Nc1ccc(F)c(F)c1)c1ccc(NS(=O)(=O)c2cccs2)cc1. The van der Waals surface area contributed by atoms with Crippen LogP contribution in [0.5, 0.6) is 0 Å². The van der Waals surface area contributed by atoms with Gasteiger partial charge in [0.05, 0.1) is 0 Å². The van der Waals surface area contributed by atoms with Gasteiger partial charge in [0.25, 0.3) is 15.9 Å². The lowest BCUT2D eigenvalue weighted by molar-refractivity contribution is 0.102. The van der Waals surface area contributed by atoms with Gasteiger partial charge >= 0.3 is 0 Å². The van der Waals surface area contributed by atoms with E-state index in [9.17, 15) is 22.0 Å². The van der Waals surface area contributed by atoms with Crippen LogP contribution in [0.3, 0.4) is 0 Å². The van der Waals surface area contributed by atoms with Crippen molar-refractivity contribution in [2.24, 2.45) is 0 Å². The first kappa shape index (κ1) is 18.0. The number of rotatable bonds is 5. The van der Waals surface area contributed by atoms with Gasteiger partial charge in [-0.15, -0.1) is 11.3 Å². The molecule has 0 aliphatic rings. The van der Waals surface area contributed by atoms with Gasteiger partial charge in [0.15, 0.2) is 11.6 Å². The molecule has 5 nitrogen and oxygen atoms in total. The van der Waals surface area contributed by atoms with Crippen molar-refractivity contribution in [1.29, 1.82) is 0 Å². The number of carbonyl (C=O) groups is 1. The van der Waals surface area contributed by atoms with Gasteiger partial charge in [-0.3, -0.25) is 9.52 Å². The molecule has 1 heterocycles. The Morgan fingerprint density at radius 2 is 1.62 bits per heavy atom. The summed E-state index contributed by atoms with van der Waals surface area (Å²) in [7, 11) is -3.67. The lowest BCUT2D eigenvalue weighted by Crippen LogP contribution is -2.13. The molecule has 2 aromatic carbocycles. The topological polar surface area (TPSA) is 75.3 Å². The van der Waals surface area contributed by atoms with E-state index < -0.39 is 27.6 Å². The molecule has 0 saturated heterocycles. The fourth-order valence-electron chi connectivity index (χ4n) is 2.09. The van der Waals surface area contributed by atoms with Gasteiger partial charge in [0.2, 0.25) is 0 Å². The molecule has 0 fully saturated rings. The van der Waals surface area contributed by atoms with Crippen LogP contribution in [0.25, 0.3) is 0 Å². The van der Waals surface area contributed by atoms with Crippen molar-refractivity contribution in [3.63, 3.8) is 0 Å². The number of anilines is 2. The number of hydrogen-bond acceptors (Lipinski definition) is 4. The second kappa shape index (κ2) is 7.22. The lowest BCUT2D eigenvalue weighted by atomic mass is 10.2. The zero-order chi connectivity index (χ0) is 18.7. The highest BCUT2D eigenvalue weighted by molar-refractivity contribution is 7.94. The first-order valence-electron chi connectivity index (χ1n) is 7.28. The second-order valence-corrected chi connectivity index (χ2v) is 8.05. The van der Waals surface area contributed by atoms with Crippen molar-refractivity contribution >= 4 is 38.6 Å². The molecule has 3 aromatic rings. The van der Waals surface area contributed by atoms with E-state index in [1.165, 1.54) is 36.4 Å². The van der Waals surface area contributed by atoms with E-state index in [1.54, 1.807) is 11.4 Å². The van der Waals surface area contributed by atoms with Gasteiger partial charge in [0.1, 0.15) is 4.21 Å². The number of hydrogen-bond donors (Lipinski definition) is 2. The van der Waals surface area contributed by atoms with Crippen molar-refractivity contribution in [2.45, 2.75) is 4.21 Å². The van der Waals surface area contributed by atoms with Crippen LogP contribution in [0.2, 0.25) is 0 Å². The molecule has 0 unspecified atom stereocenters. The maximum atomic E-state index is 13.2. The molecule has 3 rings (SSSR count). The van der Waals surface area contributed by atoms with Crippen molar-refractivity contribution in [2.75, 3.05) is 10.0 Å². The van der Waals surface area contributed by atoms with Gasteiger partial charge in [0, 0.05) is 23.0 Å². The van der Waals surface area contributed by atoms with Crippen LogP contribution in [-0.4, -0.2) is 14.3 Å². The number of nitrogens with one attached hydrogen (secondary N) is 2. The number of amides is 1. The molecule has 0 bridgehead atoms. The number of sulfonamides is 1. The summed E-state index contributed by atoms with van der Waals surface area (Å²) < 4.78 is 52.9. The Morgan fingerprint density at radius 3 is 2.23 bits per heavy atom. The van der Waals surface area contributed by atoms with Gasteiger partial charge in [-0.25, -0.2) is 17.2 Å². The highest BCUT2D eigenvalue weighted by atomic mass is 32.2. The standard InChI is InChI=1S/C17H12F2N2O3S2/c18-14-8-7-13(10-15(14)19)20-17(22)11-3-5-12(6-4-11)21-26(23,24)16-2-1-9-25-16/h1-10,21H,(H,20,22). The average Bonchev–Trinajstić information content (AvgIpc) is 3.14. The highest BCUT2D eigenvalue weighted by Crippen LogP contribution is 2.21. The zero-order valence-corrected chi connectivity index (χ0v) is 14.7. The van der Waals surface area contributed by atoms with E-state index in [0.717, 1.165) is 23.5 Å². The van der Waals surface area contributed by atoms with Crippen LogP contribution in [0.15, 0.2) is 64.2 Å². The lowest BCUT2D eigenvalue weighted by Gasteiger charge is -2.08. The minimum atomic E-state index is -3.67. The fraction of sp³-hybridized carbons (Fsp3) is 0. The molecule has 9 heteroatoms.